The van der Waals surface area contributed by atoms with Crippen molar-refractivity contribution >= 4 is 22.7 Å². The minimum atomic E-state index is 0.271. The summed E-state index contributed by atoms with van der Waals surface area (Å²) in [5.41, 5.74) is 8.28. The number of hydrogen-bond acceptors (Lipinski definition) is 6. The van der Waals surface area contributed by atoms with Gasteiger partial charge in [0.25, 0.3) is 0 Å². The van der Waals surface area contributed by atoms with E-state index in [4.69, 9.17) is 20.2 Å². The number of nitrogen functional groups attached to an aromatic ring is 1. The molecule has 6 heteroatoms. The van der Waals surface area contributed by atoms with Gasteiger partial charge < -0.3 is 20.1 Å². The van der Waals surface area contributed by atoms with Gasteiger partial charge in [0.2, 0.25) is 5.95 Å². The van der Waals surface area contributed by atoms with E-state index in [2.05, 4.69) is 34.1 Å². The summed E-state index contributed by atoms with van der Waals surface area (Å²) >= 11 is 0. The smallest absolute Gasteiger partial charge is 0.228 e. The van der Waals surface area contributed by atoms with Crippen molar-refractivity contribution in [2.24, 2.45) is 0 Å². The third kappa shape index (κ3) is 2.77. The average molecular weight is 350 g/mol. The first kappa shape index (κ1) is 16.4. The predicted molar refractivity (Wildman–Crippen MR) is 103 cm³/mol. The summed E-state index contributed by atoms with van der Waals surface area (Å²) in [5.74, 6) is 2.36. The zero-order chi connectivity index (χ0) is 18.1. The van der Waals surface area contributed by atoms with Gasteiger partial charge in [-0.3, -0.25) is 0 Å². The lowest BCUT2D eigenvalue weighted by atomic mass is 10.1. The maximum Gasteiger partial charge on any atom is 0.228 e. The highest BCUT2D eigenvalue weighted by Crippen LogP contribution is 2.38. The monoisotopic (exact) mass is 350 g/mol. The van der Waals surface area contributed by atoms with Gasteiger partial charge in [-0.1, -0.05) is 30.3 Å². The molecule has 2 N–H and O–H groups in total. The van der Waals surface area contributed by atoms with E-state index in [9.17, 15) is 0 Å². The Kier molecular flexibility index (Phi) is 4.24. The van der Waals surface area contributed by atoms with E-state index in [-0.39, 0.29) is 6.04 Å². The van der Waals surface area contributed by atoms with Crippen LogP contribution in [0.25, 0.3) is 10.9 Å². The fourth-order valence-corrected chi connectivity index (χ4v) is 3.62. The maximum absolute atomic E-state index is 6.25. The SMILES string of the molecule is COc1cc2nc(N3CCCC3c3ccccc3)nc(N)c2cc1OC. The molecule has 1 aromatic heterocycles. The quantitative estimate of drug-likeness (QED) is 0.775. The normalized spacial score (nSPS) is 16.8. The predicted octanol–water partition coefficient (Wildman–Crippen LogP) is 3.57. The molecule has 26 heavy (non-hydrogen) atoms. The highest BCUT2D eigenvalue weighted by molar-refractivity contribution is 5.91. The van der Waals surface area contributed by atoms with Crippen molar-refractivity contribution in [1.82, 2.24) is 9.97 Å². The van der Waals surface area contributed by atoms with Crippen LogP contribution in [0, 0.1) is 0 Å². The van der Waals surface area contributed by atoms with Gasteiger partial charge in [0.1, 0.15) is 5.82 Å². The Bertz CT molecular complexity index is 930. The standard InChI is InChI=1S/C20H22N4O2/c1-25-17-11-14-15(12-18(17)26-2)22-20(23-19(14)21)24-10-6-9-16(24)13-7-4-3-5-8-13/h3-5,7-8,11-12,16H,6,9-10H2,1-2H3,(H2,21,22,23). The molecule has 0 amide bonds. The third-order valence-electron chi connectivity index (χ3n) is 4.91. The van der Waals surface area contributed by atoms with Crippen molar-refractivity contribution in [3.63, 3.8) is 0 Å². The molecule has 1 aliphatic rings. The van der Waals surface area contributed by atoms with Crippen LogP contribution in [-0.2, 0) is 0 Å². The van der Waals surface area contributed by atoms with E-state index in [0.717, 1.165) is 30.3 Å². The number of ether oxygens (including phenoxy) is 2. The second-order valence-corrected chi connectivity index (χ2v) is 6.40. The van der Waals surface area contributed by atoms with Crippen LogP contribution in [-0.4, -0.2) is 30.7 Å². The molecular formula is C20H22N4O2. The van der Waals surface area contributed by atoms with Crippen LogP contribution in [0.4, 0.5) is 11.8 Å². The molecular weight excluding hydrogens is 328 g/mol. The molecule has 0 aliphatic carbocycles. The summed E-state index contributed by atoms with van der Waals surface area (Å²) < 4.78 is 10.8. The van der Waals surface area contributed by atoms with Gasteiger partial charge in [-0.15, -0.1) is 0 Å². The van der Waals surface area contributed by atoms with Crippen molar-refractivity contribution in [3.05, 3.63) is 48.0 Å². The lowest BCUT2D eigenvalue weighted by Gasteiger charge is -2.25. The van der Waals surface area contributed by atoms with Crippen LogP contribution in [0.1, 0.15) is 24.4 Å². The van der Waals surface area contributed by atoms with Gasteiger partial charge in [-0.2, -0.15) is 4.98 Å². The summed E-state index contributed by atoms with van der Waals surface area (Å²) in [4.78, 5) is 11.6. The van der Waals surface area contributed by atoms with Gasteiger partial charge in [0.15, 0.2) is 11.5 Å². The molecule has 0 spiro atoms. The fraction of sp³-hybridized carbons (Fsp3) is 0.300. The van der Waals surface area contributed by atoms with Crippen LogP contribution < -0.4 is 20.1 Å². The Morgan fingerprint density at radius 3 is 2.50 bits per heavy atom. The summed E-state index contributed by atoms with van der Waals surface area (Å²) in [5, 5.41) is 0.766. The molecule has 0 radical (unpaired) electrons. The van der Waals surface area contributed by atoms with Crippen molar-refractivity contribution in [2.45, 2.75) is 18.9 Å². The maximum atomic E-state index is 6.25. The molecule has 6 nitrogen and oxygen atoms in total. The van der Waals surface area contributed by atoms with Crippen molar-refractivity contribution in [3.8, 4) is 11.5 Å². The average Bonchev–Trinajstić information content (AvgIpc) is 3.17. The van der Waals surface area contributed by atoms with Crippen LogP contribution >= 0.6 is 0 Å². The first-order valence-electron chi connectivity index (χ1n) is 8.72. The van der Waals surface area contributed by atoms with E-state index in [1.54, 1.807) is 14.2 Å². The lowest BCUT2D eigenvalue weighted by molar-refractivity contribution is 0.356. The van der Waals surface area contributed by atoms with Gasteiger partial charge in [0, 0.05) is 18.0 Å². The summed E-state index contributed by atoms with van der Waals surface area (Å²) in [7, 11) is 3.21. The molecule has 1 aliphatic heterocycles. The zero-order valence-corrected chi connectivity index (χ0v) is 15.0. The van der Waals surface area contributed by atoms with Gasteiger partial charge in [-0.25, -0.2) is 4.98 Å². The highest BCUT2D eigenvalue weighted by Gasteiger charge is 2.28. The topological polar surface area (TPSA) is 73.5 Å². The van der Waals surface area contributed by atoms with Crippen LogP contribution in [0.2, 0.25) is 0 Å². The third-order valence-corrected chi connectivity index (χ3v) is 4.91. The van der Waals surface area contributed by atoms with Gasteiger partial charge in [0.05, 0.1) is 25.8 Å². The van der Waals surface area contributed by atoms with Gasteiger partial charge in [-0.05, 0) is 24.5 Å². The van der Waals surface area contributed by atoms with E-state index >= 15 is 0 Å². The van der Waals surface area contributed by atoms with E-state index in [0.29, 0.717) is 23.3 Å². The van der Waals surface area contributed by atoms with Crippen LogP contribution in [0.3, 0.4) is 0 Å². The molecule has 2 aromatic carbocycles. The summed E-state index contributed by atoms with van der Waals surface area (Å²) in [6.45, 7) is 0.914. The molecule has 1 atom stereocenters. The van der Waals surface area contributed by atoms with E-state index < -0.39 is 0 Å². The van der Waals surface area contributed by atoms with Gasteiger partial charge >= 0.3 is 0 Å². The first-order valence-corrected chi connectivity index (χ1v) is 8.72. The molecule has 3 aromatic rings. The molecule has 1 unspecified atom stereocenters. The molecule has 1 fully saturated rings. The largest absolute Gasteiger partial charge is 0.493 e. The fourth-order valence-electron chi connectivity index (χ4n) is 3.62. The second-order valence-electron chi connectivity index (χ2n) is 6.40. The molecule has 1 saturated heterocycles. The second kappa shape index (κ2) is 6.71. The summed E-state index contributed by atoms with van der Waals surface area (Å²) in [6, 6.07) is 14.4. The molecule has 0 bridgehead atoms. The minimum Gasteiger partial charge on any atom is -0.493 e. The van der Waals surface area contributed by atoms with Crippen LogP contribution in [0.15, 0.2) is 42.5 Å². The molecule has 4 rings (SSSR count). The Labute approximate surface area is 152 Å². The molecule has 134 valence electrons. The number of hydrogen-bond donors (Lipinski definition) is 1. The number of aromatic nitrogens is 2. The number of rotatable bonds is 4. The number of nitrogens with two attached hydrogens (primary N) is 1. The Balaban J connectivity index is 1.79. The van der Waals surface area contributed by atoms with Crippen molar-refractivity contribution in [2.75, 3.05) is 31.4 Å². The number of nitrogens with zero attached hydrogens (tertiary/aromatic N) is 3. The first-order chi connectivity index (χ1) is 12.7. The summed E-state index contributed by atoms with van der Waals surface area (Å²) in [6.07, 6.45) is 2.18. The number of benzene rings is 2. The van der Waals surface area contributed by atoms with E-state index in [1.807, 2.05) is 18.2 Å². The van der Waals surface area contributed by atoms with Crippen LogP contribution in [0.5, 0.6) is 11.5 Å². The molecule has 2 heterocycles. The molecule has 0 saturated carbocycles. The Morgan fingerprint density at radius 2 is 1.77 bits per heavy atom. The highest BCUT2D eigenvalue weighted by atomic mass is 16.5. The Hall–Kier alpha value is -3.02. The number of fused-ring (bicyclic) bond motifs is 1. The van der Waals surface area contributed by atoms with E-state index in [1.165, 1.54) is 5.56 Å². The lowest BCUT2D eigenvalue weighted by Crippen LogP contribution is -2.25. The minimum absolute atomic E-state index is 0.271. The zero-order valence-electron chi connectivity index (χ0n) is 15.0. The number of methoxy groups -OCH3 is 2. The van der Waals surface area contributed by atoms with Crippen molar-refractivity contribution < 1.29 is 9.47 Å². The number of anilines is 2. The van der Waals surface area contributed by atoms with Crippen molar-refractivity contribution in [1.29, 1.82) is 0 Å². The Morgan fingerprint density at radius 1 is 1.04 bits per heavy atom.